The Balaban J connectivity index is 3.38. The molecule has 1 rings (SSSR count). The molecule has 0 N–H and O–H groups in total. The summed E-state index contributed by atoms with van der Waals surface area (Å²) >= 11 is 0. The van der Waals surface area contributed by atoms with Gasteiger partial charge in [-0.05, 0) is 18.4 Å². The second-order valence-electron chi connectivity index (χ2n) is 5.78. The Hall–Kier alpha value is -2.42. The quantitative estimate of drug-likeness (QED) is 0.631. The lowest BCUT2D eigenvalue weighted by atomic mass is 9.78. The smallest absolute Gasteiger partial charge is 0.338 e. The van der Waals surface area contributed by atoms with E-state index in [1.807, 2.05) is 20.8 Å². The highest BCUT2D eigenvalue weighted by molar-refractivity contribution is 5.91. The molecule has 1 unspecified atom stereocenters. The molecule has 1 aromatic rings. The van der Waals surface area contributed by atoms with E-state index in [9.17, 15) is 9.59 Å². The van der Waals surface area contributed by atoms with E-state index in [0.29, 0.717) is 5.69 Å². The Kier molecular flexibility index (Phi) is 5.63. The number of hydrogen-bond acceptors (Lipinski definition) is 5. The number of aromatic nitrogens is 1. The van der Waals surface area contributed by atoms with Crippen LogP contribution < -0.4 is 0 Å². The molecule has 0 saturated heterocycles. The molecule has 22 heavy (non-hydrogen) atoms. The summed E-state index contributed by atoms with van der Waals surface area (Å²) in [6.45, 7) is 14.8. The standard InChI is InChI=1S/C16H20N2O4/c1-7-22-14(19)10-8-11(17-5)13(18-9-10)12(15(20)21-6)16(2,3)4/h8-9,12H,7H2,1-4,6H3. The van der Waals surface area contributed by atoms with E-state index in [0.717, 1.165) is 0 Å². The lowest BCUT2D eigenvalue weighted by molar-refractivity contribution is -0.145. The van der Waals surface area contributed by atoms with Crippen molar-refractivity contribution in [3.8, 4) is 0 Å². The fourth-order valence-corrected chi connectivity index (χ4v) is 2.09. The summed E-state index contributed by atoms with van der Waals surface area (Å²) in [5.74, 6) is -1.71. The lowest BCUT2D eigenvalue weighted by Crippen LogP contribution is -2.28. The third-order valence-corrected chi connectivity index (χ3v) is 3.11. The Bertz CT molecular complexity index is 612. The predicted octanol–water partition coefficient (Wildman–Crippen LogP) is 3.11. The average molecular weight is 304 g/mol. The first kappa shape index (κ1) is 17.6. The number of carbonyl (C=O) groups excluding carboxylic acids is 2. The minimum absolute atomic E-state index is 0.149. The van der Waals surface area contributed by atoms with Gasteiger partial charge < -0.3 is 9.47 Å². The third kappa shape index (κ3) is 3.82. The molecule has 0 aliphatic rings. The fraction of sp³-hybridized carbons (Fsp3) is 0.500. The second-order valence-corrected chi connectivity index (χ2v) is 5.78. The second kappa shape index (κ2) is 7.03. The average Bonchev–Trinajstić information content (AvgIpc) is 2.46. The maximum Gasteiger partial charge on any atom is 0.338 e. The van der Waals surface area contributed by atoms with Crippen molar-refractivity contribution in [2.45, 2.75) is 33.6 Å². The van der Waals surface area contributed by atoms with E-state index in [2.05, 4.69) is 9.83 Å². The van der Waals surface area contributed by atoms with Crippen molar-refractivity contribution in [3.63, 3.8) is 0 Å². The molecule has 0 radical (unpaired) electrons. The van der Waals surface area contributed by atoms with Crippen LogP contribution in [0.15, 0.2) is 12.3 Å². The van der Waals surface area contributed by atoms with E-state index in [4.69, 9.17) is 16.0 Å². The van der Waals surface area contributed by atoms with E-state index < -0.39 is 23.3 Å². The maximum absolute atomic E-state index is 12.1. The number of nitrogens with zero attached hydrogens (tertiary/aromatic N) is 2. The molecule has 6 nitrogen and oxygen atoms in total. The van der Waals surface area contributed by atoms with Gasteiger partial charge in [-0.2, -0.15) is 0 Å². The van der Waals surface area contributed by atoms with Crippen molar-refractivity contribution in [3.05, 3.63) is 34.9 Å². The van der Waals surface area contributed by atoms with Gasteiger partial charge in [-0.15, -0.1) is 0 Å². The summed E-state index contributed by atoms with van der Waals surface area (Å²) in [4.78, 5) is 31.4. The van der Waals surface area contributed by atoms with E-state index in [1.165, 1.54) is 19.4 Å². The van der Waals surface area contributed by atoms with Crippen molar-refractivity contribution >= 4 is 17.6 Å². The van der Waals surface area contributed by atoms with Crippen molar-refractivity contribution in [1.82, 2.24) is 4.98 Å². The Labute approximate surface area is 130 Å². The Morgan fingerprint density at radius 3 is 2.50 bits per heavy atom. The van der Waals surface area contributed by atoms with Gasteiger partial charge in [-0.1, -0.05) is 20.8 Å². The van der Waals surface area contributed by atoms with Gasteiger partial charge in [0.05, 0.1) is 37.5 Å². The number of hydrogen-bond donors (Lipinski definition) is 0. The van der Waals surface area contributed by atoms with Gasteiger partial charge in [0.1, 0.15) is 0 Å². The molecule has 6 heteroatoms. The molecule has 0 spiro atoms. The summed E-state index contributed by atoms with van der Waals surface area (Å²) in [7, 11) is 1.30. The van der Waals surface area contributed by atoms with Crippen LogP contribution in [0.1, 0.15) is 49.7 Å². The van der Waals surface area contributed by atoms with Crippen molar-refractivity contribution in [2.24, 2.45) is 5.41 Å². The fourth-order valence-electron chi connectivity index (χ4n) is 2.09. The minimum atomic E-state index is -0.696. The van der Waals surface area contributed by atoms with Crippen molar-refractivity contribution < 1.29 is 19.1 Å². The normalized spacial score (nSPS) is 12.2. The Morgan fingerprint density at radius 2 is 2.05 bits per heavy atom. The highest BCUT2D eigenvalue weighted by atomic mass is 16.5. The summed E-state index contributed by atoms with van der Waals surface area (Å²) in [5, 5.41) is 0. The SMILES string of the molecule is [C-]#[N+]c1cc(C(=O)OCC)cnc1C(C(=O)OC)C(C)(C)C. The molecule has 0 aliphatic heterocycles. The number of ether oxygens (including phenoxy) is 2. The van der Waals surface area contributed by atoms with Crippen LogP contribution in [0.4, 0.5) is 5.69 Å². The van der Waals surface area contributed by atoms with Gasteiger partial charge in [-0.3, -0.25) is 9.78 Å². The van der Waals surface area contributed by atoms with Crippen LogP contribution in [0.3, 0.4) is 0 Å². The van der Waals surface area contributed by atoms with Crippen LogP contribution in [0.2, 0.25) is 0 Å². The molecular weight excluding hydrogens is 284 g/mol. The maximum atomic E-state index is 12.1. The zero-order chi connectivity index (χ0) is 16.9. The molecule has 0 aromatic carbocycles. The first-order chi connectivity index (χ1) is 10.3. The van der Waals surface area contributed by atoms with Crippen molar-refractivity contribution in [2.75, 3.05) is 13.7 Å². The monoisotopic (exact) mass is 304 g/mol. The first-order valence-electron chi connectivity index (χ1n) is 6.88. The van der Waals surface area contributed by atoms with Crippen LogP contribution in [0, 0.1) is 12.0 Å². The van der Waals surface area contributed by atoms with Gasteiger partial charge in [0.15, 0.2) is 0 Å². The van der Waals surface area contributed by atoms with Gasteiger partial charge >= 0.3 is 11.9 Å². The van der Waals surface area contributed by atoms with Gasteiger partial charge in [0.25, 0.3) is 0 Å². The van der Waals surface area contributed by atoms with Gasteiger partial charge in [-0.25, -0.2) is 9.64 Å². The highest BCUT2D eigenvalue weighted by Crippen LogP contribution is 2.39. The molecule has 1 heterocycles. The third-order valence-electron chi connectivity index (χ3n) is 3.11. The largest absolute Gasteiger partial charge is 0.469 e. The molecule has 118 valence electrons. The molecule has 0 aliphatic carbocycles. The molecule has 0 fully saturated rings. The Morgan fingerprint density at radius 1 is 1.41 bits per heavy atom. The predicted molar refractivity (Wildman–Crippen MR) is 80.7 cm³/mol. The topological polar surface area (TPSA) is 69.8 Å². The molecule has 0 bridgehead atoms. The number of esters is 2. The van der Waals surface area contributed by atoms with E-state index in [1.54, 1.807) is 6.92 Å². The first-order valence-corrected chi connectivity index (χ1v) is 6.88. The minimum Gasteiger partial charge on any atom is -0.469 e. The highest BCUT2D eigenvalue weighted by Gasteiger charge is 2.36. The summed E-state index contributed by atoms with van der Waals surface area (Å²) in [6.07, 6.45) is 1.32. The van der Waals surface area contributed by atoms with Gasteiger partial charge in [0.2, 0.25) is 5.69 Å². The van der Waals surface area contributed by atoms with Crippen LogP contribution in [-0.2, 0) is 14.3 Å². The van der Waals surface area contributed by atoms with E-state index in [-0.39, 0.29) is 17.9 Å². The van der Waals surface area contributed by atoms with Crippen LogP contribution in [0.5, 0.6) is 0 Å². The molecule has 1 aromatic heterocycles. The molecule has 0 saturated carbocycles. The number of methoxy groups -OCH3 is 1. The molecule has 0 amide bonds. The number of carbonyl (C=O) groups is 2. The summed E-state index contributed by atoms with van der Waals surface area (Å²) in [6, 6.07) is 1.40. The van der Waals surface area contributed by atoms with Crippen LogP contribution in [-0.4, -0.2) is 30.6 Å². The van der Waals surface area contributed by atoms with Gasteiger partial charge in [0, 0.05) is 6.20 Å². The zero-order valence-electron chi connectivity index (χ0n) is 13.5. The van der Waals surface area contributed by atoms with Crippen LogP contribution >= 0.6 is 0 Å². The van der Waals surface area contributed by atoms with Crippen molar-refractivity contribution in [1.29, 1.82) is 0 Å². The van der Waals surface area contributed by atoms with Crippen LogP contribution in [0.25, 0.3) is 4.85 Å². The lowest BCUT2D eigenvalue weighted by Gasteiger charge is -2.28. The van der Waals surface area contributed by atoms with E-state index >= 15 is 0 Å². The zero-order valence-corrected chi connectivity index (χ0v) is 13.5. The summed E-state index contributed by atoms with van der Waals surface area (Å²) < 4.78 is 9.73. The number of rotatable bonds is 4. The molecular formula is C16H20N2O4. The molecule has 1 atom stereocenters. The summed E-state index contributed by atoms with van der Waals surface area (Å²) in [5.41, 5.74) is 0.165. The number of pyridine rings is 1.